The van der Waals surface area contributed by atoms with Crippen LogP contribution in [-0.2, 0) is 0 Å². The number of benzene rings is 8. The van der Waals surface area contributed by atoms with Crippen LogP contribution in [0.1, 0.15) is 0 Å². The van der Waals surface area contributed by atoms with Gasteiger partial charge in [-0.05, 0) is 63.3 Å². The fourth-order valence-corrected chi connectivity index (χ4v) is 8.91. The van der Waals surface area contributed by atoms with Gasteiger partial charge in [0.15, 0.2) is 0 Å². The molecular weight excluding hydrogens is 603 g/mol. The number of hydrogen-bond donors (Lipinski definition) is 0. The molecule has 11 rings (SSSR count). The lowest BCUT2D eigenvalue weighted by molar-refractivity contribution is 1.02. The van der Waals surface area contributed by atoms with Crippen molar-refractivity contribution in [3.8, 4) is 17.2 Å². The Bertz CT molecular complexity index is 3130. The summed E-state index contributed by atoms with van der Waals surface area (Å²) in [5, 5.41) is 13.3. The number of hydrogen-bond acceptors (Lipinski definition) is 3. The lowest BCUT2D eigenvalue weighted by Crippen LogP contribution is -2.04. The molecular formula is C44H25N3S. The monoisotopic (exact) mass is 627 g/mol. The maximum Gasteiger partial charge on any atom is 0.235 e. The summed E-state index contributed by atoms with van der Waals surface area (Å²) in [6.07, 6.45) is 0. The van der Waals surface area contributed by atoms with Gasteiger partial charge in [0.2, 0.25) is 5.95 Å². The zero-order valence-electron chi connectivity index (χ0n) is 25.7. The first-order chi connectivity index (χ1) is 23.8. The van der Waals surface area contributed by atoms with E-state index >= 15 is 0 Å². The van der Waals surface area contributed by atoms with Crippen molar-refractivity contribution in [1.82, 2.24) is 14.5 Å². The largest absolute Gasteiger partial charge is 0.277 e. The molecule has 0 bridgehead atoms. The maximum absolute atomic E-state index is 5.51. The molecule has 0 amide bonds. The molecule has 3 heterocycles. The minimum Gasteiger partial charge on any atom is -0.277 e. The fraction of sp³-hybridized carbons (Fsp3) is 0. The Hall–Kier alpha value is -6.10. The van der Waals surface area contributed by atoms with E-state index in [-0.39, 0.29) is 0 Å². The van der Waals surface area contributed by atoms with Gasteiger partial charge in [0, 0.05) is 47.3 Å². The van der Waals surface area contributed by atoms with Crippen LogP contribution in [0.15, 0.2) is 152 Å². The Labute approximate surface area is 278 Å². The van der Waals surface area contributed by atoms with Gasteiger partial charge in [0.25, 0.3) is 0 Å². The standard InChI is InChI=1S/C44H25N3S/c1-2-12-27-25-38-36(23-26(27)11-1)41-32-16-5-3-13-29(32)30-14-4-6-17-33(30)43(41)47(38)44-45-37-19-9-7-18-34(37)42(46-44)28-21-22-40-35(24-28)31-15-8-10-20-39(31)48-40/h1-25H. The van der Waals surface area contributed by atoms with Gasteiger partial charge in [-0.2, -0.15) is 0 Å². The lowest BCUT2D eigenvalue weighted by atomic mass is 9.96. The van der Waals surface area contributed by atoms with E-state index in [4.69, 9.17) is 9.97 Å². The Morgan fingerprint density at radius 1 is 0.438 bits per heavy atom. The maximum atomic E-state index is 5.51. The minimum absolute atomic E-state index is 0.676. The average molecular weight is 628 g/mol. The molecule has 3 aromatic heterocycles. The van der Waals surface area contributed by atoms with Crippen molar-refractivity contribution in [2.45, 2.75) is 0 Å². The highest BCUT2D eigenvalue weighted by molar-refractivity contribution is 7.25. The van der Waals surface area contributed by atoms with Gasteiger partial charge in [-0.3, -0.25) is 4.57 Å². The van der Waals surface area contributed by atoms with Crippen molar-refractivity contribution in [2.24, 2.45) is 0 Å². The molecule has 3 nitrogen and oxygen atoms in total. The van der Waals surface area contributed by atoms with E-state index in [1.807, 2.05) is 11.3 Å². The van der Waals surface area contributed by atoms with E-state index in [9.17, 15) is 0 Å². The summed E-state index contributed by atoms with van der Waals surface area (Å²) in [5.74, 6) is 0.676. The first kappa shape index (κ1) is 26.0. The predicted molar refractivity (Wildman–Crippen MR) is 205 cm³/mol. The second-order valence-electron chi connectivity index (χ2n) is 12.6. The number of thiophene rings is 1. The van der Waals surface area contributed by atoms with Crippen LogP contribution < -0.4 is 0 Å². The lowest BCUT2D eigenvalue weighted by Gasteiger charge is -2.14. The van der Waals surface area contributed by atoms with Crippen LogP contribution in [0.25, 0.3) is 102 Å². The van der Waals surface area contributed by atoms with Crippen LogP contribution in [-0.4, -0.2) is 14.5 Å². The highest BCUT2D eigenvalue weighted by atomic mass is 32.1. The zero-order chi connectivity index (χ0) is 31.3. The summed E-state index contributed by atoms with van der Waals surface area (Å²) in [7, 11) is 0. The molecule has 0 radical (unpaired) electrons. The van der Waals surface area contributed by atoms with Gasteiger partial charge in [0.1, 0.15) is 0 Å². The summed E-state index contributed by atoms with van der Waals surface area (Å²) in [5.41, 5.74) is 5.19. The number of rotatable bonds is 2. The van der Waals surface area contributed by atoms with Crippen molar-refractivity contribution in [3.63, 3.8) is 0 Å². The Morgan fingerprint density at radius 3 is 1.90 bits per heavy atom. The third-order valence-corrected chi connectivity index (χ3v) is 11.1. The van der Waals surface area contributed by atoms with Crippen LogP contribution in [0.3, 0.4) is 0 Å². The van der Waals surface area contributed by atoms with Crippen LogP contribution in [0, 0.1) is 0 Å². The molecule has 0 fully saturated rings. The number of fused-ring (bicyclic) bond motifs is 13. The normalized spacial score (nSPS) is 12.2. The third kappa shape index (κ3) is 3.58. The Kier molecular flexibility index (Phi) is 5.26. The van der Waals surface area contributed by atoms with E-state index in [0.717, 1.165) is 33.2 Å². The summed E-state index contributed by atoms with van der Waals surface area (Å²) in [6.45, 7) is 0. The molecule has 4 heteroatoms. The molecule has 0 spiro atoms. The SMILES string of the molecule is c1ccc2cc3c(cc2c1)c1c2ccccc2c2ccccc2c1n3-c1nc(-c2ccc3sc4ccccc4c3c2)c2ccccc2n1. The minimum atomic E-state index is 0.676. The molecule has 0 saturated heterocycles. The van der Waals surface area contributed by atoms with E-state index in [1.165, 1.54) is 63.3 Å². The first-order valence-electron chi connectivity index (χ1n) is 16.3. The van der Waals surface area contributed by atoms with Crippen molar-refractivity contribution in [3.05, 3.63) is 152 Å². The first-order valence-corrected chi connectivity index (χ1v) is 17.1. The van der Waals surface area contributed by atoms with E-state index < -0.39 is 0 Å². The number of nitrogens with zero attached hydrogens (tertiary/aromatic N) is 3. The van der Waals surface area contributed by atoms with Crippen molar-refractivity contribution in [1.29, 1.82) is 0 Å². The Morgan fingerprint density at radius 2 is 1.06 bits per heavy atom. The fourth-order valence-electron chi connectivity index (χ4n) is 7.83. The highest BCUT2D eigenvalue weighted by Gasteiger charge is 2.22. The number of para-hydroxylation sites is 1. The van der Waals surface area contributed by atoms with Crippen LogP contribution in [0.2, 0.25) is 0 Å². The number of aromatic nitrogens is 3. The molecule has 8 aromatic carbocycles. The molecule has 0 saturated carbocycles. The molecule has 0 aliphatic heterocycles. The van der Waals surface area contributed by atoms with Crippen LogP contribution in [0.5, 0.6) is 0 Å². The van der Waals surface area contributed by atoms with Gasteiger partial charge in [-0.15, -0.1) is 11.3 Å². The van der Waals surface area contributed by atoms with Crippen molar-refractivity contribution >= 4 is 96.5 Å². The molecule has 11 aromatic rings. The summed E-state index contributed by atoms with van der Waals surface area (Å²) < 4.78 is 4.90. The predicted octanol–water partition coefficient (Wildman–Crippen LogP) is 12.2. The molecule has 0 aliphatic carbocycles. The Balaban J connectivity index is 1.32. The quantitative estimate of drug-likeness (QED) is 0.179. The van der Waals surface area contributed by atoms with E-state index in [2.05, 4.69) is 156 Å². The van der Waals surface area contributed by atoms with Crippen molar-refractivity contribution < 1.29 is 0 Å². The molecule has 0 aliphatic rings. The van der Waals surface area contributed by atoms with E-state index in [1.54, 1.807) is 0 Å². The zero-order valence-corrected chi connectivity index (χ0v) is 26.5. The summed E-state index contributed by atoms with van der Waals surface area (Å²) >= 11 is 1.84. The van der Waals surface area contributed by atoms with Crippen LogP contribution in [0.4, 0.5) is 0 Å². The summed E-state index contributed by atoms with van der Waals surface area (Å²) in [6, 6.07) is 54.7. The van der Waals surface area contributed by atoms with Crippen molar-refractivity contribution in [2.75, 3.05) is 0 Å². The van der Waals surface area contributed by atoms with Crippen LogP contribution >= 0.6 is 11.3 Å². The molecule has 48 heavy (non-hydrogen) atoms. The average Bonchev–Trinajstić information content (AvgIpc) is 3.69. The smallest absolute Gasteiger partial charge is 0.235 e. The van der Waals surface area contributed by atoms with Gasteiger partial charge >= 0.3 is 0 Å². The molecule has 222 valence electrons. The third-order valence-electron chi connectivity index (χ3n) is 9.95. The molecule has 0 N–H and O–H groups in total. The summed E-state index contributed by atoms with van der Waals surface area (Å²) in [4.78, 5) is 10.8. The highest BCUT2D eigenvalue weighted by Crippen LogP contribution is 2.44. The van der Waals surface area contributed by atoms with Gasteiger partial charge in [0.05, 0.1) is 22.2 Å². The van der Waals surface area contributed by atoms with Gasteiger partial charge < -0.3 is 0 Å². The second-order valence-corrected chi connectivity index (χ2v) is 13.6. The van der Waals surface area contributed by atoms with E-state index in [0.29, 0.717) is 5.95 Å². The topological polar surface area (TPSA) is 30.7 Å². The van der Waals surface area contributed by atoms with Gasteiger partial charge in [-0.25, -0.2) is 9.97 Å². The molecule has 0 unspecified atom stereocenters. The second kappa shape index (κ2) is 9.71. The van der Waals surface area contributed by atoms with Gasteiger partial charge in [-0.1, -0.05) is 115 Å². The molecule has 0 atom stereocenters.